The summed E-state index contributed by atoms with van der Waals surface area (Å²) in [6.45, 7) is 3.28. The minimum absolute atomic E-state index is 0.203. The van der Waals surface area contributed by atoms with Crippen molar-refractivity contribution in [1.29, 1.82) is 0 Å². The van der Waals surface area contributed by atoms with Gasteiger partial charge < -0.3 is 9.64 Å². The number of alkyl halides is 1. The Bertz CT molecular complexity index is 432. The van der Waals surface area contributed by atoms with Crippen LogP contribution >= 0.6 is 15.9 Å². The monoisotopic (exact) mass is 325 g/mol. The molecular formula is C15H20BrNO2. The molecule has 1 aromatic rings. The zero-order chi connectivity index (χ0) is 13.7. The normalized spacial score (nSPS) is 14.2. The second kappa shape index (κ2) is 6.94. The van der Waals surface area contributed by atoms with E-state index in [1.54, 1.807) is 0 Å². The second-order valence-corrected chi connectivity index (χ2v) is 5.72. The summed E-state index contributed by atoms with van der Waals surface area (Å²) in [5.74, 6) is 1.04. The van der Waals surface area contributed by atoms with Crippen LogP contribution in [0.3, 0.4) is 0 Å². The number of rotatable bonds is 7. The van der Waals surface area contributed by atoms with E-state index in [-0.39, 0.29) is 5.91 Å². The van der Waals surface area contributed by atoms with Gasteiger partial charge in [-0.15, -0.1) is 0 Å². The van der Waals surface area contributed by atoms with Crippen LogP contribution in [0.4, 0.5) is 0 Å². The third-order valence-corrected chi connectivity index (χ3v) is 3.56. The van der Waals surface area contributed by atoms with Gasteiger partial charge in [0.15, 0.2) is 0 Å². The second-order valence-electron chi connectivity index (χ2n) is 4.92. The van der Waals surface area contributed by atoms with Crippen molar-refractivity contribution in [1.82, 2.24) is 4.90 Å². The fourth-order valence-corrected chi connectivity index (χ4v) is 2.48. The highest BCUT2D eigenvalue weighted by molar-refractivity contribution is 9.09. The van der Waals surface area contributed by atoms with Crippen molar-refractivity contribution >= 4 is 21.8 Å². The Morgan fingerprint density at radius 2 is 2.26 bits per heavy atom. The number of carbonyl (C=O) groups excluding carboxylic acids is 1. The van der Waals surface area contributed by atoms with Gasteiger partial charge in [0.25, 0.3) is 0 Å². The van der Waals surface area contributed by atoms with Crippen LogP contribution in [0.1, 0.15) is 24.8 Å². The molecule has 0 bridgehead atoms. The maximum absolute atomic E-state index is 12.1. The van der Waals surface area contributed by atoms with E-state index in [9.17, 15) is 4.79 Å². The lowest BCUT2D eigenvalue weighted by Crippen LogP contribution is -2.35. The zero-order valence-corrected chi connectivity index (χ0v) is 12.9. The summed E-state index contributed by atoms with van der Waals surface area (Å²) in [5.41, 5.74) is 1.17. The Balaban J connectivity index is 1.76. The Hall–Kier alpha value is -1.03. The summed E-state index contributed by atoms with van der Waals surface area (Å²) in [6.07, 6.45) is 2.76. The Kier molecular flexibility index (Phi) is 5.25. The summed E-state index contributed by atoms with van der Waals surface area (Å²) in [7, 11) is 0. The van der Waals surface area contributed by atoms with E-state index in [1.165, 1.54) is 5.56 Å². The van der Waals surface area contributed by atoms with Crippen molar-refractivity contribution in [2.24, 2.45) is 0 Å². The highest BCUT2D eigenvalue weighted by Crippen LogP contribution is 2.27. The molecule has 0 aromatic heterocycles. The molecule has 0 saturated heterocycles. The Morgan fingerprint density at radius 3 is 2.89 bits per heavy atom. The average Bonchev–Trinajstić information content (AvgIpc) is 3.20. The first-order valence-corrected chi connectivity index (χ1v) is 7.88. The topological polar surface area (TPSA) is 29.5 Å². The molecule has 4 heteroatoms. The Labute approximate surface area is 123 Å². The number of aryl methyl sites for hydroxylation is 1. The molecule has 0 atom stereocenters. The summed E-state index contributed by atoms with van der Waals surface area (Å²) in [6, 6.07) is 8.39. The van der Waals surface area contributed by atoms with Crippen molar-refractivity contribution in [3.05, 3.63) is 29.8 Å². The van der Waals surface area contributed by atoms with Gasteiger partial charge in [-0.1, -0.05) is 28.1 Å². The molecule has 0 spiro atoms. The summed E-state index contributed by atoms with van der Waals surface area (Å²) >= 11 is 3.40. The van der Waals surface area contributed by atoms with E-state index in [2.05, 4.69) is 15.9 Å². The van der Waals surface area contributed by atoms with Gasteiger partial charge in [0, 0.05) is 17.9 Å². The molecule has 19 heavy (non-hydrogen) atoms. The third kappa shape index (κ3) is 4.53. The van der Waals surface area contributed by atoms with E-state index < -0.39 is 0 Å². The molecule has 3 nitrogen and oxygen atoms in total. The van der Waals surface area contributed by atoms with Gasteiger partial charge in [-0.25, -0.2) is 0 Å². The molecular weight excluding hydrogens is 306 g/mol. The number of amides is 1. The molecule has 1 aliphatic rings. The summed E-state index contributed by atoms with van der Waals surface area (Å²) in [4.78, 5) is 14.1. The smallest absolute Gasteiger partial charge is 0.226 e. The van der Waals surface area contributed by atoms with Gasteiger partial charge in [-0.2, -0.15) is 0 Å². The van der Waals surface area contributed by atoms with E-state index in [4.69, 9.17) is 4.74 Å². The first-order chi connectivity index (χ1) is 9.20. The predicted molar refractivity (Wildman–Crippen MR) is 79.8 cm³/mol. The molecule has 2 rings (SSSR count). The molecule has 1 amide bonds. The minimum atomic E-state index is 0.203. The lowest BCUT2D eigenvalue weighted by molar-refractivity contribution is -0.132. The van der Waals surface area contributed by atoms with Crippen LogP contribution in [-0.4, -0.2) is 35.3 Å². The molecule has 0 N–H and O–H groups in total. The third-order valence-electron chi connectivity index (χ3n) is 3.21. The van der Waals surface area contributed by atoms with Crippen molar-refractivity contribution in [3.63, 3.8) is 0 Å². The highest BCUT2D eigenvalue weighted by Gasteiger charge is 2.31. The van der Waals surface area contributed by atoms with Gasteiger partial charge in [0.05, 0.1) is 13.0 Å². The van der Waals surface area contributed by atoms with Crippen molar-refractivity contribution < 1.29 is 9.53 Å². The van der Waals surface area contributed by atoms with E-state index in [1.807, 2.05) is 36.1 Å². The quantitative estimate of drug-likeness (QED) is 0.721. The number of nitrogens with zero attached hydrogens (tertiary/aromatic N) is 1. The van der Waals surface area contributed by atoms with Gasteiger partial charge in [-0.05, 0) is 37.5 Å². The fraction of sp³-hybridized carbons (Fsp3) is 0.533. The van der Waals surface area contributed by atoms with Crippen LogP contribution in [0.2, 0.25) is 0 Å². The number of carbonyl (C=O) groups is 1. The molecule has 1 fully saturated rings. The molecule has 1 aromatic carbocycles. The summed E-state index contributed by atoms with van der Waals surface area (Å²) in [5, 5.41) is 0.841. The van der Waals surface area contributed by atoms with E-state index in [0.717, 1.165) is 30.5 Å². The van der Waals surface area contributed by atoms with E-state index in [0.29, 0.717) is 19.1 Å². The largest absolute Gasteiger partial charge is 0.493 e. The molecule has 104 valence electrons. The number of hydrogen-bond acceptors (Lipinski definition) is 2. The first-order valence-electron chi connectivity index (χ1n) is 6.75. The van der Waals surface area contributed by atoms with Crippen LogP contribution in [0.25, 0.3) is 0 Å². The maximum Gasteiger partial charge on any atom is 0.226 e. The molecule has 0 unspecified atom stereocenters. The number of halogens is 1. The zero-order valence-electron chi connectivity index (χ0n) is 11.3. The molecule has 1 aliphatic carbocycles. The molecule has 0 heterocycles. The number of ether oxygens (including phenoxy) is 1. The van der Waals surface area contributed by atoms with Crippen molar-refractivity contribution in [2.45, 2.75) is 32.2 Å². The van der Waals surface area contributed by atoms with Crippen molar-refractivity contribution in [2.75, 3.05) is 18.5 Å². The Morgan fingerprint density at radius 1 is 1.47 bits per heavy atom. The molecule has 0 aliphatic heterocycles. The van der Waals surface area contributed by atoms with E-state index >= 15 is 0 Å². The van der Waals surface area contributed by atoms with Gasteiger partial charge in [-0.3, -0.25) is 4.79 Å². The van der Waals surface area contributed by atoms with Crippen LogP contribution in [0, 0.1) is 6.92 Å². The van der Waals surface area contributed by atoms with Crippen LogP contribution in [0.15, 0.2) is 24.3 Å². The summed E-state index contributed by atoms with van der Waals surface area (Å²) < 4.78 is 5.63. The first kappa shape index (κ1) is 14.4. The molecule has 1 saturated carbocycles. The fourth-order valence-electron chi connectivity index (χ4n) is 2.09. The average molecular weight is 326 g/mol. The predicted octanol–water partition coefficient (Wildman–Crippen LogP) is 3.15. The minimum Gasteiger partial charge on any atom is -0.493 e. The van der Waals surface area contributed by atoms with Crippen LogP contribution in [0.5, 0.6) is 5.75 Å². The number of hydrogen-bond donors (Lipinski definition) is 0. The number of benzene rings is 1. The SMILES string of the molecule is Cc1cccc(OCCC(=O)N(CCBr)C2CC2)c1. The highest BCUT2D eigenvalue weighted by atomic mass is 79.9. The maximum atomic E-state index is 12.1. The lowest BCUT2D eigenvalue weighted by Gasteiger charge is -2.21. The van der Waals surface area contributed by atoms with Gasteiger partial charge >= 0.3 is 0 Å². The standard InChI is InChI=1S/C15H20BrNO2/c1-12-3-2-4-14(11-12)19-10-7-15(18)17(9-8-16)13-5-6-13/h2-4,11,13H,5-10H2,1H3. The van der Waals surface area contributed by atoms with Crippen LogP contribution in [-0.2, 0) is 4.79 Å². The lowest BCUT2D eigenvalue weighted by atomic mass is 10.2. The van der Waals surface area contributed by atoms with Crippen LogP contribution < -0.4 is 4.74 Å². The van der Waals surface area contributed by atoms with Gasteiger partial charge in [0.1, 0.15) is 5.75 Å². The van der Waals surface area contributed by atoms with Crippen molar-refractivity contribution in [3.8, 4) is 5.75 Å². The van der Waals surface area contributed by atoms with Gasteiger partial charge in [0.2, 0.25) is 5.91 Å². The molecule has 0 radical (unpaired) electrons.